The molecular formula is C140H85NO4. The van der Waals surface area contributed by atoms with Gasteiger partial charge >= 0.3 is 0 Å². The van der Waals surface area contributed by atoms with Gasteiger partial charge in [-0.05, 0) is 259 Å². The average molecular weight is 1870 g/mol. The van der Waals surface area contributed by atoms with Crippen molar-refractivity contribution in [3.8, 4) is 106 Å². The Bertz CT molecular complexity index is 12100. The van der Waals surface area contributed by atoms with E-state index < -0.39 is 72.5 Å². The van der Waals surface area contributed by atoms with E-state index in [9.17, 15) is 16.4 Å². The Morgan fingerprint density at radius 2 is 0.483 bits per heavy atom. The predicted molar refractivity (Wildman–Crippen MR) is 612 cm³/mol. The summed E-state index contributed by atoms with van der Waals surface area (Å²) in [6.07, 6.45) is 1.56. The van der Waals surface area contributed by atoms with E-state index in [1.165, 1.54) is 0 Å². The molecule has 5 heterocycles. The van der Waals surface area contributed by atoms with Crippen molar-refractivity contribution in [2.75, 3.05) is 0 Å². The summed E-state index contributed by atoms with van der Waals surface area (Å²) < 4.78 is 248. The quantitative estimate of drug-likeness (QED) is 0.128. The number of para-hydroxylation sites is 5. The van der Waals surface area contributed by atoms with Crippen molar-refractivity contribution in [3.63, 3.8) is 0 Å². The van der Waals surface area contributed by atoms with Crippen LogP contribution in [0.2, 0.25) is 0 Å². The summed E-state index contributed by atoms with van der Waals surface area (Å²) in [6.45, 7) is 0. The molecule has 0 aliphatic rings. The molecule has 0 fully saturated rings. The lowest BCUT2D eigenvalue weighted by Crippen LogP contribution is -1.93. The Kier molecular flexibility index (Phi) is 14.5. The molecule has 0 bridgehead atoms. The van der Waals surface area contributed by atoms with Crippen LogP contribution in [-0.2, 0) is 0 Å². The molecule has 0 spiro atoms. The third kappa shape index (κ3) is 13.2. The number of hydrogen-bond donors (Lipinski definition) is 0. The molecular weight excluding hydrogens is 1760 g/mol. The van der Waals surface area contributed by atoms with Crippen molar-refractivity contribution in [1.82, 2.24) is 4.57 Å². The van der Waals surface area contributed by atoms with Crippen molar-refractivity contribution in [1.29, 1.82) is 0 Å². The van der Waals surface area contributed by atoms with Crippen LogP contribution in [0.25, 0.3) is 301 Å². The number of benzene rings is 26. The summed E-state index contributed by atoms with van der Waals surface area (Å²) >= 11 is 0. The Morgan fingerprint density at radius 1 is 0.172 bits per heavy atom. The second-order valence-electron chi connectivity index (χ2n) is 36.1. The largest absolute Gasteiger partial charge is 0.464 e. The average Bonchev–Trinajstić information content (AvgIpc) is 0.997. The van der Waals surface area contributed by atoms with Gasteiger partial charge in [0.1, 0.15) is 39.1 Å². The topological polar surface area (TPSA) is 57.5 Å². The zero-order valence-corrected chi connectivity index (χ0v) is 76.8. The van der Waals surface area contributed by atoms with Crippen molar-refractivity contribution in [3.05, 3.63) is 515 Å². The molecule has 0 unspecified atom stereocenters. The van der Waals surface area contributed by atoms with Crippen LogP contribution in [-0.4, -0.2) is 4.57 Å². The standard InChI is InChI=1S/C54H33NO.C48H28O2.C38H24O/c1-2-17-36(18-3-1)55-48-27-12-10-20-39(48)47-33-35(29-32-49(47)55)38-30-31-46(53-45-25-11-13-28-50(45)56-54(38)53)52-43-23-8-6-21-41(43)51(42-22-7-9-24-44(42)52)40-26-14-16-34-15-4-5-19-37(34)40;1-2-15-30-29(13-1)14-11-22-31(30)44-32-16-3-5-18-34(32)45(35-19-6-4-17-33(35)44)40-28-27-37(48-47(40)39-21-8-10-25-42(39)50-48)36-23-12-26-43-46(36)38-20-7-9-24-41(38)49-43;1-2-11-26(12-3-1)28-21-22-34(35-23-24-39-38(28)35)37-32-18-8-6-16-30(32)36(31-17-7-9-19-33(31)37)29-20-10-14-25-13-4-5-15-27(25)29/h1-33H;1-28H;1-24H/i6D,7D,8D,9D,21D,22D,23D,24D;3D,4D,5D,6D,16D,17D,18D,19D;6D,7D,8D,9D,16D,17D,18D,19D. The normalized spacial score (nSPS) is 14.2. The summed E-state index contributed by atoms with van der Waals surface area (Å²) in [7, 11) is 0. The van der Waals surface area contributed by atoms with E-state index in [1.807, 2.05) is 315 Å². The fraction of sp³-hybridized carbons (Fsp3) is 0. The van der Waals surface area contributed by atoms with Crippen molar-refractivity contribution < 1.29 is 50.6 Å². The van der Waals surface area contributed by atoms with Gasteiger partial charge in [0.25, 0.3) is 0 Å². The molecule has 5 aromatic heterocycles. The summed E-state index contributed by atoms with van der Waals surface area (Å²) in [5, 5.41) is 14.3. The zero-order valence-electron chi connectivity index (χ0n) is 101. The number of rotatable bonds is 10. The highest BCUT2D eigenvalue weighted by Crippen LogP contribution is 2.56. The maximum absolute atomic E-state index is 9.64. The Balaban J connectivity index is 0.000000116. The number of furan rings is 4. The molecule has 0 aliphatic heterocycles. The second-order valence-corrected chi connectivity index (χ2v) is 36.1. The third-order valence-electron chi connectivity index (χ3n) is 28.6. The molecule has 674 valence electrons. The van der Waals surface area contributed by atoms with Crippen molar-refractivity contribution in [2.24, 2.45) is 0 Å². The fourth-order valence-electron chi connectivity index (χ4n) is 22.5. The van der Waals surface area contributed by atoms with E-state index in [-0.39, 0.29) is 148 Å². The zero-order chi connectivity index (χ0) is 116. The van der Waals surface area contributed by atoms with Crippen LogP contribution in [0.1, 0.15) is 32.9 Å². The maximum atomic E-state index is 9.64. The van der Waals surface area contributed by atoms with Crippen LogP contribution in [0.3, 0.4) is 0 Å². The molecule has 0 atom stereocenters. The summed E-state index contributed by atoms with van der Waals surface area (Å²) in [4.78, 5) is 0. The first kappa shape index (κ1) is 62.0. The molecule has 5 heteroatoms. The monoisotopic (exact) mass is 1870 g/mol. The van der Waals surface area contributed by atoms with Crippen molar-refractivity contribution >= 4 is 196 Å². The lowest BCUT2D eigenvalue weighted by Gasteiger charge is -2.19. The highest BCUT2D eigenvalue weighted by Gasteiger charge is 2.30. The van der Waals surface area contributed by atoms with Gasteiger partial charge in [-0.1, -0.05) is 430 Å². The van der Waals surface area contributed by atoms with Crippen LogP contribution < -0.4 is 0 Å². The van der Waals surface area contributed by atoms with Gasteiger partial charge in [0.2, 0.25) is 0 Å². The smallest absolute Gasteiger partial charge is 0.143 e. The molecule has 145 heavy (non-hydrogen) atoms. The number of hydrogen-bond acceptors (Lipinski definition) is 4. The lowest BCUT2D eigenvalue weighted by atomic mass is 9.83. The summed E-state index contributed by atoms with van der Waals surface area (Å²) in [5.74, 6) is 0. The van der Waals surface area contributed by atoms with Gasteiger partial charge in [-0.15, -0.1) is 0 Å². The second kappa shape index (κ2) is 33.8. The first-order valence-electron chi connectivity index (χ1n) is 59.8. The molecule has 0 saturated heterocycles. The molecule has 0 aliphatic carbocycles. The minimum atomic E-state index is -0.453. The molecule has 0 amide bonds. The van der Waals surface area contributed by atoms with Gasteiger partial charge < -0.3 is 22.2 Å². The van der Waals surface area contributed by atoms with Gasteiger partial charge in [-0.25, -0.2) is 0 Å². The van der Waals surface area contributed by atoms with Gasteiger partial charge in [-0.2, -0.15) is 0 Å². The Hall–Kier alpha value is -19.2. The first-order chi connectivity index (χ1) is 82.0. The molecule has 0 radical (unpaired) electrons. The Morgan fingerprint density at radius 3 is 0.938 bits per heavy atom. The third-order valence-corrected chi connectivity index (χ3v) is 28.6. The Labute approximate surface area is 867 Å². The molecule has 31 rings (SSSR count). The minimum absolute atomic E-state index is 0.147. The van der Waals surface area contributed by atoms with E-state index >= 15 is 0 Å². The SMILES string of the molecule is [2H]c1c([2H])c([2H])c2c(-c3ccc(-c4ccc5c(c4)c4ccccc4n5-c4ccccc4)c4oc5ccccc5c34)c3c([2H])c([2H])c([2H])c([2H])c3c(-c3cccc4ccccc34)c2c1[2H].[2H]c1c([2H])c([2H])c2c(-c3ccc(-c4cccc5oc6ccccc6c45)c4oc5ccccc5c34)c3c([2H])c([2H])c([2H])c([2H])c3c(-c3cccc4ccccc34)c2c1[2H].[2H]c1c([2H])c([2H])c2c(-c3ccc(-c4ccccc4)c4occc34)c3c([2H])c([2H])c([2H])c([2H])c3c(-c3cccc4ccccc34)c2c1[2H]. The van der Waals surface area contributed by atoms with Crippen LogP contribution >= 0.6 is 0 Å². The first-order valence-corrected chi connectivity index (χ1v) is 47.8. The lowest BCUT2D eigenvalue weighted by molar-refractivity contribution is 0.617. The van der Waals surface area contributed by atoms with Gasteiger partial charge in [0.05, 0.1) is 50.2 Å². The maximum Gasteiger partial charge on any atom is 0.143 e. The summed E-state index contributed by atoms with van der Waals surface area (Å²) in [6, 6.07) is 108. The van der Waals surface area contributed by atoms with E-state index in [4.69, 9.17) is 34.1 Å². The highest BCUT2D eigenvalue weighted by molar-refractivity contribution is 6.32. The fourth-order valence-corrected chi connectivity index (χ4v) is 22.5. The molecule has 26 aromatic carbocycles. The van der Waals surface area contributed by atoms with Crippen LogP contribution in [0.5, 0.6) is 0 Å². The van der Waals surface area contributed by atoms with E-state index in [0.29, 0.717) is 105 Å². The molecule has 5 nitrogen and oxygen atoms in total. The summed E-state index contributed by atoms with van der Waals surface area (Å²) in [5.41, 5.74) is 17.6. The van der Waals surface area contributed by atoms with E-state index in [1.54, 1.807) is 12.3 Å². The van der Waals surface area contributed by atoms with Gasteiger partial charge in [-0.3, -0.25) is 0 Å². The molecule has 0 N–H and O–H groups in total. The highest BCUT2D eigenvalue weighted by atomic mass is 16.3. The van der Waals surface area contributed by atoms with Crippen molar-refractivity contribution in [2.45, 2.75) is 0 Å². The van der Waals surface area contributed by atoms with E-state index in [2.05, 4.69) is 47.0 Å². The number of fused-ring (bicyclic) bond motifs is 22. The molecule has 0 saturated carbocycles. The van der Waals surface area contributed by atoms with Crippen LogP contribution in [0.4, 0.5) is 0 Å². The van der Waals surface area contributed by atoms with Crippen LogP contribution in [0, 0.1) is 0 Å². The minimum Gasteiger partial charge on any atom is -0.464 e. The van der Waals surface area contributed by atoms with Gasteiger partial charge in [0.15, 0.2) is 0 Å². The van der Waals surface area contributed by atoms with Gasteiger partial charge in [0, 0.05) is 70.9 Å². The predicted octanol–water partition coefficient (Wildman–Crippen LogP) is 40.0. The molecule has 31 aromatic rings. The number of nitrogens with zero attached hydrogens (tertiary/aromatic N) is 1. The van der Waals surface area contributed by atoms with E-state index in [0.717, 1.165) is 120 Å². The van der Waals surface area contributed by atoms with Crippen LogP contribution in [0.15, 0.2) is 533 Å². The number of aromatic nitrogens is 1.